The zero-order valence-corrected chi connectivity index (χ0v) is 12.1. The van der Waals surface area contributed by atoms with Crippen LogP contribution in [0.25, 0.3) is 0 Å². The topological polar surface area (TPSA) is 30.5 Å². The maximum atomic E-state index is 3.63. The first kappa shape index (κ1) is 14.3. The zero-order chi connectivity index (χ0) is 12.8. The van der Waals surface area contributed by atoms with E-state index in [2.05, 4.69) is 34.5 Å². The molecule has 0 saturated carbocycles. The van der Waals surface area contributed by atoms with Crippen LogP contribution in [-0.4, -0.2) is 75.8 Å². The van der Waals surface area contributed by atoms with E-state index in [1.165, 1.54) is 52.0 Å². The van der Waals surface area contributed by atoms with Crippen LogP contribution in [-0.2, 0) is 0 Å². The van der Waals surface area contributed by atoms with Gasteiger partial charge < -0.3 is 20.4 Å². The Kier molecular flexibility index (Phi) is 5.89. The number of piperazine rings is 1. The number of piperidine rings is 1. The van der Waals surface area contributed by atoms with Gasteiger partial charge >= 0.3 is 0 Å². The molecule has 2 rings (SSSR count). The highest BCUT2D eigenvalue weighted by Gasteiger charge is 2.17. The van der Waals surface area contributed by atoms with Crippen LogP contribution in [0.1, 0.15) is 19.3 Å². The summed E-state index contributed by atoms with van der Waals surface area (Å²) in [5, 5.41) is 7.21. The molecule has 0 bridgehead atoms. The van der Waals surface area contributed by atoms with Gasteiger partial charge in [-0.1, -0.05) is 0 Å². The van der Waals surface area contributed by atoms with E-state index < -0.39 is 0 Å². The number of nitrogens with zero attached hydrogens (tertiary/aromatic N) is 2. The highest BCUT2D eigenvalue weighted by Crippen LogP contribution is 2.18. The minimum atomic E-state index is 0.640. The molecular weight excluding hydrogens is 224 g/mol. The lowest BCUT2D eigenvalue weighted by molar-refractivity contribution is 0.208. The zero-order valence-electron chi connectivity index (χ0n) is 12.1. The Hall–Kier alpha value is -0.160. The fraction of sp³-hybridized carbons (Fsp3) is 1.00. The molecule has 0 aromatic carbocycles. The lowest BCUT2D eigenvalue weighted by Gasteiger charge is -2.31. The van der Waals surface area contributed by atoms with Crippen molar-refractivity contribution in [1.82, 2.24) is 20.4 Å². The van der Waals surface area contributed by atoms with Gasteiger partial charge in [0.15, 0.2) is 0 Å². The predicted octanol–water partition coefficient (Wildman–Crippen LogP) is 0.212. The first-order chi connectivity index (χ1) is 8.74. The molecule has 106 valence electrons. The monoisotopic (exact) mass is 254 g/mol. The van der Waals surface area contributed by atoms with Crippen molar-refractivity contribution >= 4 is 0 Å². The molecule has 2 heterocycles. The van der Waals surface area contributed by atoms with E-state index >= 15 is 0 Å². The molecule has 1 unspecified atom stereocenters. The number of likely N-dealkylation sites (tertiary alicyclic amines) is 1. The van der Waals surface area contributed by atoms with Gasteiger partial charge in [0.1, 0.15) is 0 Å². The summed E-state index contributed by atoms with van der Waals surface area (Å²) in [5.74, 6) is 0.954. The van der Waals surface area contributed by atoms with Gasteiger partial charge in [0.2, 0.25) is 0 Å². The summed E-state index contributed by atoms with van der Waals surface area (Å²) in [5.41, 5.74) is 0. The third kappa shape index (κ3) is 4.84. The third-order valence-corrected chi connectivity index (χ3v) is 4.42. The van der Waals surface area contributed by atoms with Crippen molar-refractivity contribution in [3.05, 3.63) is 0 Å². The van der Waals surface area contributed by atoms with Crippen molar-refractivity contribution in [3.63, 3.8) is 0 Å². The Morgan fingerprint density at radius 1 is 1.11 bits per heavy atom. The first-order valence-electron chi connectivity index (χ1n) is 7.55. The number of likely N-dealkylation sites (N-methyl/N-ethyl adjacent to an activating group) is 1. The van der Waals surface area contributed by atoms with E-state index in [0.29, 0.717) is 6.04 Å². The molecule has 4 nitrogen and oxygen atoms in total. The second-order valence-electron chi connectivity index (χ2n) is 6.15. The van der Waals surface area contributed by atoms with Crippen LogP contribution >= 0.6 is 0 Å². The van der Waals surface area contributed by atoms with E-state index in [0.717, 1.165) is 19.0 Å². The van der Waals surface area contributed by atoms with Crippen LogP contribution in [0.3, 0.4) is 0 Å². The van der Waals surface area contributed by atoms with Crippen LogP contribution in [0.2, 0.25) is 0 Å². The Balaban J connectivity index is 1.50. The normalized spacial score (nSPS) is 28.7. The molecule has 0 aromatic heterocycles. The van der Waals surface area contributed by atoms with Crippen molar-refractivity contribution < 1.29 is 0 Å². The standard InChI is InChI=1S/C14H30N4/c1-17-8-4-13(5-9-17)3-6-15-11-14-12-18(2)10-7-16-14/h13-16H,3-12H2,1-2H3. The quantitative estimate of drug-likeness (QED) is 0.687. The van der Waals surface area contributed by atoms with Crippen LogP contribution in [0.4, 0.5) is 0 Å². The summed E-state index contributed by atoms with van der Waals surface area (Å²) in [6, 6.07) is 0.640. The number of rotatable bonds is 5. The lowest BCUT2D eigenvalue weighted by Crippen LogP contribution is -2.53. The molecular formula is C14H30N4. The van der Waals surface area contributed by atoms with Gasteiger partial charge in [-0.25, -0.2) is 0 Å². The van der Waals surface area contributed by atoms with Crippen molar-refractivity contribution in [2.24, 2.45) is 5.92 Å². The van der Waals surface area contributed by atoms with Crippen LogP contribution < -0.4 is 10.6 Å². The van der Waals surface area contributed by atoms with E-state index in [4.69, 9.17) is 0 Å². The van der Waals surface area contributed by atoms with Crippen LogP contribution in [0.5, 0.6) is 0 Å². The molecule has 1 atom stereocenters. The second-order valence-corrected chi connectivity index (χ2v) is 6.15. The maximum absolute atomic E-state index is 3.63. The average molecular weight is 254 g/mol. The molecule has 0 aromatic rings. The summed E-state index contributed by atoms with van der Waals surface area (Å²) < 4.78 is 0. The number of hydrogen-bond donors (Lipinski definition) is 2. The van der Waals surface area contributed by atoms with Crippen LogP contribution in [0, 0.1) is 5.92 Å². The summed E-state index contributed by atoms with van der Waals surface area (Å²) >= 11 is 0. The van der Waals surface area contributed by atoms with Gasteiger partial charge in [0, 0.05) is 32.2 Å². The van der Waals surface area contributed by atoms with Gasteiger partial charge in [0.25, 0.3) is 0 Å². The van der Waals surface area contributed by atoms with Gasteiger partial charge in [0.05, 0.1) is 0 Å². The second kappa shape index (κ2) is 7.43. The summed E-state index contributed by atoms with van der Waals surface area (Å²) in [6.07, 6.45) is 4.14. The first-order valence-corrected chi connectivity index (χ1v) is 7.55. The minimum Gasteiger partial charge on any atom is -0.315 e. The third-order valence-electron chi connectivity index (χ3n) is 4.42. The van der Waals surface area contributed by atoms with E-state index in [9.17, 15) is 0 Å². The van der Waals surface area contributed by atoms with E-state index in [-0.39, 0.29) is 0 Å². The highest BCUT2D eigenvalue weighted by atomic mass is 15.2. The highest BCUT2D eigenvalue weighted by molar-refractivity contribution is 4.79. The average Bonchev–Trinajstić information content (AvgIpc) is 2.37. The van der Waals surface area contributed by atoms with Gasteiger partial charge in [-0.15, -0.1) is 0 Å². The fourth-order valence-corrected chi connectivity index (χ4v) is 3.06. The molecule has 4 heteroatoms. The Bertz CT molecular complexity index is 226. The number of hydrogen-bond acceptors (Lipinski definition) is 4. The summed E-state index contributed by atoms with van der Waals surface area (Å²) in [7, 11) is 4.45. The van der Waals surface area contributed by atoms with E-state index in [1.54, 1.807) is 0 Å². The molecule has 2 aliphatic heterocycles. The van der Waals surface area contributed by atoms with Crippen molar-refractivity contribution in [2.45, 2.75) is 25.3 Å². The van der Waals surface area contributed by atoms with Crippen LogP contribution in [0.15, 0.2) is 0 Å². The predicted molar refractivity (Wildman–Crippen MR) is 77.0 cm³/mol. The Labute approximate surface area is 112 Å². The lowest BCUT2D eigenvalue weighted by atomic mass is 9.94. The molecule has 0 amide bonds. The minimum absolute atomic E-state index is 0.640. The molecule has 2 saturated heterocycles. The molecule has 2 N–H and O–H groups in total. The molecule has 0 radical (unpaired) electrons. The smallest absolute Gasteiger partial charge is 0.0320 e. The maximum Gasteiger partial charge on any atom is 0.0320 e. The van der Waals surface area contributed by atoms with Gasteiger partial charge in [-0.3, -0.25) is 0 Å². The molecule has 18 heavy (non-hydrogen) atoms. The van der Waals surface area contributed by atoms with Crippen molar-refractivity contribution in [2.75, 3.05) is 59.9 Å². The Morgan fingerprint density at radius 2 is 1.89 bits per heavy atom. The number of nitrogens with one attached hydrogen (secondary N) is 2. The van der Waals surface area contributed by atoms with E-state index in [1.807, 2.05) is 0 Å². The molecule has 2 fully saturated rings. The molecule has 0 aliphatic carbocycles. The Morgan fingerprint density at radius 3 is 2.61 bits per heavy atom. The summed E-state index contributed by atoms with van der Waals surface area (Å²) in [6.45, 7) is 8.40. The largest absolute Gasteiger partial charge is 0.315 e. The van der Waals surface area contributed by atoms with Gasteiger partial charge in [-0.05, 0) is 58.9 Å². The molecule has 0 spiro atoms. The van der Waals surface area contributed by atoms with Gasteiger partial charge in [-0.2, -0.15) is 0 Å². The summed E-state index contributed by atoms with van der Waals surface area (Å²) in [4.78, 5) is 4.87. The SMILES string of the molecule is CN1CCC(CCNCC2CN(C)CCN2)CC1. The fourth-order valence-electron chi connectivity index (χ4n) is 3.06. The molecule has 2 aliphatic rings. The van der Waals surface area contributed by atoms with Crippen molar-refractivity contribution in [3.8, 4) is 0 Å². The van der Waals surface area contributed by atoms with Crippen molar-refractivity contribution in [1.29, 1.82) is 0 Å².